The Labute approximate surface area is 169 Å². The molecule has 0 aliphatic carbocycles. The Morgan fingerprint density at radius 2 is 1.81 bits per heavy atom. The SMILES string of the molecule is CCCNC(=O)Nc1ccc(Sc2c(Cl)cc([N+](=O)[O-])cc2Cl)c(Cl)c1. The van der Waals surface area contributed by atoms with Gasteiger partial charge in [0.15, 0.2) is 0 Å². The van der Waals surface area contributed by atoms with E-state index >= 15 is 0 Å². The van der Waals surface area contributed by atoms with Gasteiger partial charge < -0.3 is 10.6 Å². The minimum absolute atomic E-state index is 0.159. The van der Waals surface area contributed by atoms with Crippen molar-refractivity contribution >= 4 is 64.0 Å². The zero-order valence-electron chi connectivity index (χ0n) is 13.5. The Kier molecular flexibility index (Phi) is 7.40. The minimum Gasteiger partial charge on any atom is -0.338 e. The Balaban J connectivity index is 2.18. The quantitative estimate of drug-likeness (QED) is 0.416. The van der Waals surface area contributed by atoms with Crippen molar-refractivity contribution in [2.75, 3.05) is 11.9 Å². The summed E-state index contributed by atoms with van der Waals surface area (Å²) in [7, 11) is 0. The number of halogens is 3. The Hall–Kier alpha value is -1.67. The monoisotopic (exact) mass is 433 g/mol. The highest BCUT2D eigenvalue weighted by Crippen LogP contribution is 2.43. The molecule has 0 heterocycles. The zero-order chi connectivity index (χ0) is 19.3. The lowest BCUT2D eigenvalue weighted by atomic mass is 10.3. The van der Waals surface area contributed by atoms with Gasteiger partial charge in [-0.1, -0.05) is 53.5 Å². The molecular weight excluding hydrogens is 421 g/mol. The van der Waals surface area contributed by atoms with Crippen LogP contribution in [0.3, 0.4) is 0 Å². The predicted molar refractivity (Wildman–Crippen MR) is 106 cm³/mol. The summed E-state index contributed by atoms with van der Waals surface area (Å²) in [6, 6.07) is 7.14. The molecule has 0 aliphatic rings. The number of non-ortho nitro benzene ring substituents is 1. The number of nitro groups is 1. The number of nitrogens with zero attached hydrogens (tertiary/aromatic N) is 1. The predicted octanol–water partition coefficient (Wildman–Crippen LogP) is 6.24. The van der Waals surface area contributed by atoms with Gasteiger partial charge in [0, 0.05) is 29.3 Å². The molecule has 138 valence electrons. The molecule has 0 radical (unpaired) electrons. The molecule has 0 bridgehead atoms. The average Bonchev–Trinajstić information content (AvgIpc) is 2.57. The number of rotatable bonds is 6. The van der Waals surface area contributed by atoms with Gasteiger partial charge in [-0.15, -0.1) is 0 Å². The second-order valence-electron chi connectivity index (χ2n) is 5.12. The second kappa shape index (κ2) is 9.32. The molecule has 0 aliphatic heterocycles. The molecule has 0 saturated carbocycles. The third-order valence-corrected chi connectivity index (χ3v) is 5.60. The Morgan fingerprint density at radius 1 is 1.15 bits per heavy atom. The number of carbonyl (C=O) groups is 1. The first kappa shape index (κ1) is 20.6. The number of nitrogens with one attached hydrogen (secondary N) is 2. The Morgan fingerprint density at radius 3 is 2.35 bits per heavy atom. The molecule has 0 atom stereocenters. The van der Waals surface area contributed by atoms with E-state index in [0.29, 0.717) is 27.0 Å². The normalized spacial score (nSPS) is 10.5. The van der Waals surface area contributed by atoms with Crippen molar-refractivity contribution in [2.24, 2.45) is 0 Å². The number of nitro benzene ring substituents is 1. The van der Waals surface area contributed by atoms with Gasteiger partial charge in [0.2, 0.25) is 0 Å². The van der Waals surface area contributed by atoms with Crippen molar-refractivity contribution in [1.29, 1.82) is 0 Å². The summed E-state index contributed by atoms with van der Waals surface area (Å²) in [6.45, 7) is 2.53. The van der Waals surface area contributed by atoms with Crippen LogP contribution in [-0.2, 0) is 0 Å². The number of hydrogen-bond acceptors (Lipinski definition) is 4. The highest BCUT2D eigenvalue weighted by Gasteiger charge is 2.17. The topological polar surface area (TPSA) is 84.3 Å². The summed E-state index contributed by atoms with van der Waals surface area (Å²) < 4.78 is 0. The van der Waals surface area contributed by atoms with Crippen LogP contribution in [0.2, 0.25) is 15.1 Å². The van der Waals surface area contributed by atoms with Gasteiger partial charge in [-0.05, 0) is 24.6 Å². The fourth-order valence-corrected chi connectivity index (χ4v) is 3.76. The van der Waals surface area contributed by atoms with Crippen LogP contribution in [0, 0.1) is 10.1 Å². The molecule has 2 aromatic carbocycles. The summed E-state index contributed by atoms with van der Waals surface area (Å²) in [6.07, 6.45) is 0.834. The molecule has 26 heavy (non-hydrogen) atoms. The van der Waals surface area contributed by atoms with Crippen LogP contribution in [0.4, 0.5) is 16.2 Å². The molecule has 0 aromatic heterocycles. The van der Waals surface area contributed by atoms with Crippen LogP contribution in [0.15, 0.2) is 40.1 Å². The number of hydrogen-bond donors (Lipinski definition) is 2. The van der Waals surface area contributed by atoms with E-state index in [-0.39, 0.29) is 21.8 Å². The van der Waals surface area contributed by atoms with E-state index < -0.39 is 4.92 Å². The zero-order valence-corrected chi connectivity index (χ0v) is 16.6. The van der Waals surface area contributed by atoms with Crippen molar-refractivity contribution in [3.05, 3.63) is 55.5 Å². The van der Waals surface area contributed by atoms with Crippen molar-refractivity contribution in [3.8, 4) is 0 Å². The smallest absolute Gasteiger partial charge is 0.319 e. The van der Waals surface area contributed by atoms with Crippen LogP contribution in [0.5, 0.6) is 0 Å². The lowest BCUT2D eigenvalue weighted by molar-refractivity contribution is -0.384. The molecule has 10 heteroatoms. The van der Waals surface area contributed by atoms with E-state index in [0.717, 1.165) is 6.42 Å². The van der Waals surface area contributed by atoms with Crippen LogP contribution in [0.25, 0.3) is 0 Å². The van der Waals surface area contributed by atoms with E-state index in [4.69, 9.17) is 34.8 Å². The lowest BCUT2D eigenvalue weighted by Gasteiger charge is -2.11. The third-order valence-electron chi connectivity index (χ3n) is 3.13. The summed E-state index contributed by atoms with van der Waals surface area (Å²) >= 11 is 19.7. The molecule has 2 aromatic rings. The number of amides is 2. The van der Waals surface area contributed by atoms with Gasteiger partial charge in [0.1, 0.15) is 0 Å². The summed E-state index contributed by atoms with van der Waals surface area (Å²) in [5.74, 6) is 0. The van der Waals surface area contributed by atoms with Crippen LogP contribution >= 0.6 is 46.6 Å². The van der Waals surface area contributed by atoms with Crippen molar-refractivity contribution in [3.63, 3.8) is 0 Å². The van der Waals surface area contributed by atoms with Crippen molar-refractivity contribution in [1.82, 2.24) is 5.32 Å². The second-order valence-corrected chi connectivity index (χ2v) is 7.40. The van der Waals surface area contributed by atoms with Crippen LogP contribution in [0.1, 0.15) is 13.3 Å². The fourth-order valence-electron chi connectivity index (χ4n) is 1.93. The lowest BCUT2D eigenvalue weighted by Crippen LogP contribution is -2.29. The molecule has 0 fully saturated rings. The number of benzene rings is 2. The summed E-state index contributed by atoms with van der Waals surface area (Å²) in [5, 5.41) is 16.9. The largest absolute Gasteiger partial charge is 0.338 e. The van der Waals surface area contributed by atoms with Gasteiger partial charge in [0.05, 0.1) is 24.9 Å². The number of anilines is 1. The summed E-state index contributed by atoms with van der Waals surface area (Å²) in [5.41, 5.74) is 0.349. The first-order chi connectivity index (χ1) is 12.3. The number of urea groups is 1. The molecule has 0 unspecified atom stereocenters. The van der Waals surface area contributed by atoms with Gasteiger partial charge >= 0.3 is 6.03 Å². The molecule has 6 nitrogen and oxygen atoms in total. The number of carbonyl (C=O) groups excluding carboxylic acids is 1. The fraction of sp³-hybridized carbons (Fsp3) is 0.188. The average molecular weight is 435 g/mol. The van der Waals surface area contributed by atoms with E-state index in [1.54, 1.807) is 18.2 Å². The molecule has 2 amide bonds. The highest BCUT2D eigenvalue weighted by atomic mass is 35.5. The van der Waals surface area contributed by atoms with E-state index in [9.17, 15) is 14.9 Å². The maximum atomic E-state index is 11.7. The maximum Gasteiger partial charge on any atom is 0.319 e. The van der Waals surface area contributed by atoms with Gasteiger partial charge in [-0.3, -0.25) is 10.1 Å². The van der Waals surface area contributed by atoms with E-state index in [1.165, 1.54) is 23.9 Å². The van der Waals surface area contributed by atoms with Gasteiger partial charge in [0.25, 0.3) is 5.69 Å². The summed E-state index contributed by atoms with van der Waals surface area (Å²) in [4.78, 5) is 23.1. The molecule has 0 saturated heterocycles. The maximum absolute atomic E-state index is 11.7. The van der Waals surface area contributed by atoms with Gasteiger partial charge in [-0.25, -0.2) is 4.79 Å². The van der Waals surface area contributed by atoms with Crippen molar-refractivity contribution in [2.45, 2.75) is 23.1 Å². The minimum atomic E-state index is -0.566. The third kappa shape index (κ3) is 5.41. The van der Waals surface area contributed by atoms with Crippen molar-refractivity contribution < 1.29 is 9.72 Å². The first-order valence-electron chi connectivity index (χ1n) is 7.47. The molecular formula is C16H14Cl3N3O3S. The highest BCUT2D eigenvalue weighted by molar-refractivity contribution is 7.99. The van der Waals surface area contributed by atoms with Gasteiger partial charge in [-0.2, -0.15) is 0 Å². The molecule has 2 N–H and O–H groups in total. The Bertz CT molecular complexity index is 826. The standard InChI is InChI=1S/C16H14Cl3N3O3S/c1-2-5-20-16(23)21-9-3-4-14(11(17)6-9)26-15-12(18)7-10(22(24)25)8-13(15)19/h3-4,6-8H,2,5H2,1H3,(H2,20,21,23). The van der Waals surface area contributed by atoms with E-state index in [2.05, 4.69) is 10.6 Å². The molecule has 2 rings (SSSR count). The first-order valence-corrected chi connectivity index (χ1v) is 9.42. The van der Waals surface area contributed by atoms with Crippen LogP contribution in [-0.4, -0.2) is 17.5 Å². The van der Waals surface area contributed by atoms with E-state index in [1.807, 2.05) is 6.92 Å². The molecule has 0 spiro atoms. The van der Waals surface area contributed by atoms with Crippen LogP contribution < -0.4 is 10.6 Å².